The third kappa shape index (κ3) is 6.37. The van der Waals surface area contributed by atoms with Crippen LogP contribution in [0.15, 0.2) is 0 Å². The molecule has 0 spiro atoms. The van der Waals surface area contributed by atoms with Crippen molar-refractivity contribution in [2.24, 2.45) is 5.41 Å². The van der Waals surface area contributed by atoms with Gasteiger partial charge in [-0.25, -0.2) is 17.6 Å². The molecular formula is C9H12F8O2. The molecule has 0 heterocycles. The Morgan fingerprint density at radius 3 is 1.21 bits per heavy atom. The van der Waals surface area contributed by atoms with E-state index in [9.17, 15) is 35.1 Å². The van der Waals surface area contributed by atoms with E-state index in [1.807, 2.05) is 0 Å². The first-order valence-electron chi connectivity index (χ1n) is 4.90. The maximum atomic E-state index is 12.4. The fourth-order valence-electron chi connectivity index (χ4n) is 0.751. The van der Waals surface area contributed by atoms with Gasteiger partial charge in [-0.05, 0) is 0 Å². The van der Waals surface area contributed by atoms with Gasteiger partial charge in [-0.1, -0.05) is 13.8 Å². The van der Waals surface area contributed by atoms with Crippen molar-refractivity contribution in [3.05, 3.63) is 0 Å². The van der Waals surface area contributed by atoms with Gasteiger partial charge in [0.2, 0.25) is 0 Å². The van der Waals surface area contributed by atoms with Crippen LogP contribution in [0.3, 0.4) is 0 Å². The first-order valence-corrected chi connectivity index (χ1v) is 4.90. The van der Waals surface area contributed by atoms with Crippen molar-refractivity contribution < 1.29 is 44.6 Å². The molecule has 0 saturated heterocycles. The van der Waals surface area contributed by atoms with E-state index in [0.29, 0.717) is 0 Å². The Bertz CT molecular complexity index is 253. The summed E-state index contributed by atoms with van der Waals surface area (Å²) < 4.78 is 104. The van der Waals surface area contributed by atoms with Crippen LogP contribution in [0.4, 0.5) is 35.1 Å². The summed E-state index contributed by atoms with van der Waals surface area (Å²) >= 11 is 0. The number of hydrogen-bond acceptors (Lipinski definition) is 2. The molecular weight excluding hydrogens is 292 g/mol. The highest BCUT2D eigenvalue weighted by atomic mass is 19.3. The maximum Gasteiger partial charge on any atom is 0.416 e. The molecule has 2 nitrogen and oxygen atoms in total. The van der Waals surface area contributed by atoms with Gasteiger partial charge in [-0.3, -0.25) is 0 Å². The minimum atomic E-state index is -4.75. The molecule has 0 aliphatic heterocycles. The minimum Gasteiger partial charge on any atom is -0.315 e. The zero-order chi connectivity index (χ0) is 15.5. The second-order valence-electron chi connectivity index (χ2n) is 4.47. The summed E-state index contributed by atoms with van der Waals surface area (Å²) in [5.74, 6) is 0. The highest BCUT2D eigenvalue weighted by molar-refractivity contribution is 4.70. The fraction of sp³-hybridized carbons (Fsp3) is 1.00. The molecule has 10 heteroatoms. The van der Waals surface area contributed by atoms with Crippen molar-refractivity contribution in [1.82, 2.24) is 0 Å². The van der Waals surface area contributed by atoms with Crippen molar-refractivity contribution in [1.29, 1.82) is 0 Å². The Hall–Kier alpha value is -0.640. The second-order valence-corrected chi connectivity index (χ2v) is 4.47. The van der Waals surface area contributed by atoms with Crippen molar-refractivity contribution >= 4 is 0 Å². The lowest BCUT2D eigenvalue weighted by molar-refractivity contribution is -0.326. The van der Waals surface area contributed by atoms with Gasteiger partial charge in [0, 0.05) is 5.41 Å². The molecule has 0 N–H and O–H groups in total. The van der Waals surface area contributed by atoms with E-state index in [1.165, 1.54) is 0 Å². The van der Waals surface area contributed by atoms with E-state index >= 15 is 0 Å². The van der Waals surface area contributed by atoms with Crippen LogP contribution in [0.25, 0.3) is 0 Å². The van der Waals surface area contributed by atoms with E-state index in [4.69, 9.17) is 0 Å². The van der Waals surface area contributed by atoms with E-state index in [1.54, 1.807) is 0 Å². The summed E-state index contributed by atoms with van der Waals surface area (Å²) in [4.78, 5) is 0. The average Bonchev–Trinajstić information content (AvgIpc) is 2.24. The largest absolute Gasteiger partial charge is 0.416 e. The number of ether oxygens (including phenoxy) is 2. The highest BCUT2D eigenvalue weighted by Crippen LogP contribution is 2.30. The fourth-order valence-corrected chi connectivity index (χ4v) is 0.751. The molecule has 0 aliphatic carbocycles. The number of hydrogen-bond donors (Lipinski definition) is 0. The van der Waals surface area contributed by atoms with Crippen LogP contribution >= 0.6 is 0 Å². The zero-order valence-corrected chi connectivity index (χ0v) is 9.91. The molecule has 0 rings (SSSR count). The van der Waals surface area contributed by atoms with Gasteiger partial charge in [0.05, 0.1) is 13.2 Å². The van der Waals surface area contributed by atoms with Gasteiger partial charge in [-0.2, -0.15) is 17.6 Å². The van der Waals surface area contributed by atoms with Gasteiger partial charge in [0.1, 0.15) is 0 Å². The van der Waals surface area contributed by atoms with Crippen LogP contribution in [0.5, 0.6) is 0 Å². The first-order chi connectivity index (χ1) is 8.30. The monoisotopic (exact) mass is 304 g/mol. The third-order valence-electron chi connectivity index (χ3n) is 1.82. The molecule has 0 atom stereocenters. The summed E-state index contributed by atoms with van der Waals surface area (Å²) in [7, 11) is 0. The lowest BCUT2D eigenvalue weighted by Crippen LogP contribution is -2.39. The summed E-state index contributed by atoms with van der Waals surface area (Å²) in [6.07, 6.45) is -17.7. The predicted molar refractivity (Wildman–Crippen MR) is 47.6 cm³/mol. The van der Waals surface area contributed by atoms with Crippen LogP contribution in [-0.4, -0.2) is 38.3 Å². The summed E-state index contributed by atoms with van der Waals surface area (Å²) in [5.41, 5.74) is -1.59. The first kappa shape index (κ1) is 18.4. The number of alkyl halides is 8. The van der Waals surface area contributed by atoms with E-state index in [-0.39, 0.29) is 0 Å². The normalized spacial score (nSPS) is 14.5. The lowest BCUT2D eigenvalue weighted by Gasteiger charge is -2.28. The molecule has 0 amide bonds. The Labute approximate surface area is 103 Å². The van der Waals surface area contributed by atoms with Gasteiger partial charge in [0.25, 0.3) is 0 Å². The van der Waals surface area contributed by atoms with E-state index < -0.39 is 43.7 Å². The molecule has 0 aromatic rings. The summed E-state index contributed by atoms with van der Waals surface area (Å²) in [6, 6.07) is 0. The third-order valence-corrected chi connectivity index (χ3v) is 1.82. The molecule has 0 aromatic heterocycles. The van der Waals surface area contributed by atoms with Crippen LogP contribution < -0.4 is 0 Å². The van der Waals surface area contributed by atoms with Crippen LogP contribution in [-0.2, 0) is 9.47 Å². The zero-order valence-electron chi connectivity index (χ0n) is 9.91. The number of rotatable bonds is 8. The van der Waals surface area contributed by atoms with Gasteiger partial charge < -0.3 is 9.47 Å². The van der Waals surface area contributed by atoms with E-state index in [2.05, 4.69) is 9.47 Å². The molecule has 0 aromatic carbocycles. The summed E-state index contributed by atoms with van der Waals surface area (Å²) in [5, 5.41) is 0. The molecule has 0 radical (unpaired) electrons. The SMILES string of the molecule is CC(C)(COC(F)(F)C(F)F)COC(F)(F)C(F)F. The molecule has 0 unspecified atom stereocenters. The topological polar surface area (TPSA) is 18.5 Å². The quantitative estimate of drug-likeness (QED) is 0.636. The summed E-state index contributed by atoms with van der Waals surface area (Å²) in [6.45, 7) is -0.0560. The highest BCUT2D eigenvalue weighted by Gasteiger charge is 2.46. The smallest absolute Gasteiger partial charge is 0.315 e. The Morgan fingerprint density at radius 1 is 0.737 bits per heavy atom. The molecule has 0 fully saturated rings. The van der Waals surface area contributed by atoms with Crippen LogP contribution in [0.1, 0.15) is 13.8 Å². The minimum absolute atomic E-state index is 1.05. The van der Waals surface area contributed by atoms with Crippen molar-refractivity contribution in [2.45, 2.75) is 38.9 Å². The van der Waals surface area contributed by atoms with Crippen molar-refractivity contribution in [2.75, 3.05) is 13.2 Å². The molecule has 0 aliphatic rings. The Balaban J connectivity index is 4.34. The van der Waals surface area contributed by atoms with Gasteiger partial charge >= 0.3 is 25.1 Å². The average molecular weight is 304 g/mol. The Morgan fingerprint density at radius 2 is 1.00 bits per heavy atom. The van der Waals surface area contributed by atoms with Crippen LogP contribution in [0.2, 0.25) is 0 Å². The molecule has 19 heavy (non-hydrogen) atoms. The predicted octanol–water partition coefficient (Wildman–Crippen LogP) is 3.76. The van der Waals surface area contributed by atoms with Crippen molar-refractivity contribution in [3.63, 3.8) is 0 Å². The van der Waals surface area contributed by atoms with E-state index in [0.717, 1.165) is 13.8 Å². The maximum absolute atomic E-state index is 12.4. The van der Waals surface area contributed by atoms with Gasteiger partial charge in [-0.15, -0.1) is 0 Å². The lowest BCUT2D eigenvalue weighted by atomic mass is 9.96. The van der Waals surface area contributed by atoms with Crippen molar-refractivity contribution in [3.8, 4) is 0 Å². The second kappa shape index (κ2) is 6.21. The Kier molecular flexibility index (Phi) is 6.00. The van der Waals surface area contributed by atoms with Crippen LogP contribution in [0, 0.1) is 5.41 Å². The number of halogens is 8. The molecule has 0 bridgehead atoms. The van der Waals surface area contributed by atoms with Gasteiger partial charge in [0.15, 0.2) is 0 Å². The molecule has 0 saturated carbocycles. The molecule has 116 valence electrons. The standard InChI is InChI=1S/C9H12F8O2/c1-7(2,3-18-8(14,15)5(10)11)4-19-9(16,17)6(12)13/h5-6H,3-4H2,1-2H3.